The van der Waals surface area contributed by atoms with Crippen molar-refractivity contribution in [2.75, 3.05) is 53.2 Å². The average molecular weight is 598 g/mol. The van der Waals surface area contributed by atoms with Crippen molar-refractivity contribution in [3.63, 3.8) is 0 Å². The molecule has 43 heavy (non-hydrogen) atoms. The zero-order chi connectivity index (χ0) is 30.3. The van der Waals surface area contributed by atoms with Gasteiger partial charge in [-0.3, -0.25) is 9.69 Å². The van der Waals surface area contributed by atoms with E-state index in [1.54, 1.807) is 7.11 Å². The van der Waals surface area contributed by atoms with Crippen molar-refractivity contribution < 1.29 is 23.7 Å². The zero-order valence-corrected chi connectivity index (χ0v) is 28.1. The van der Waals surface area contributed by atoms with E-state index in [1.807, 2.05) is 0 Å². The molecular weight excluding hydrogens is 538 g/mol. The summed E-state index contributed by atoms with van der Waals surface area (Å²) < 4.78 is 24.5. The van der Waals surface area contributed by atoms with Crippen LogP contribution in [0.5, 0.6) is 0 Å². The molecule has 7 aliphatic rings. The summed E-state index contributed by atoms with van der Waals surface area (Å²) in [7, 11) is 1.71. The predicted molar refractivity (Wildman–Crippen MR) is 168 cm³/mol. The Morgan fingerprint density at radius 3 is 2.53 bits per heavy atom. The van der Waals surface area contributed by atoms with Gasteiger partial charge in [0, 0.05) is 38.0 Å². The van der Waals surface area contributed by atoms with Gasteiger partial charge in [-0.2, -0.15) is 0 Å². The van der Waals surface area contributed by atoms with Crippen LogP contribution in [0.2, 0.25) is 0 Å². The smallest absolute Gasteiger partial charge is 0.155 e. The van der Waals surface area contributed by atoms with Crippen molar-refractivity contribution in [2.45, 2.75) is 116 Å². The monoisotopic (exact) mass is 597 g/mol. The minimum atomic E-state index is -0.0296. The Kier molecular flexibility index (Phi) is 7.81. The van der Waals surface area contributed by atoms with Crippen LogP contribution >= 0.6 is 0 Å². The van der Waals surface area contributed by atoms with Crippen LogP contribution in [0.1, 0.15) is 98.8 Å². The number of ether oxygens (including phenoxy) is 4. The largest absolute Gasteiger partial charge is 0.382 e. The fourth-order valence-corrected chi connectivity index (χ4v) is 13.1. The molecule has 0 aromatic heterocycles. The van der Waals surface area contributed by atoms with Crippen molar-refractivity contribution in [3.8, 4) is 0 Å². The number of ketones is 1. The Bertz CT molecular complexity index is 1120. The number of allylic oxidation sites excluding steroid dienone is 2. The molecule has 6 heteroatoms. The van der Waals surface area contributed by atoms with E-state index in [4.69, 9.17) is 18.9 Å². The number of hydrogen-bond acceptors (Lipinski definition) is 6. The molecule has 6 fully saturated rings. The Morgan fingerprint density at radius 2 is 1.77 bits per heavy atom. The number of likely N-dealkylation sites (tertiary alicyclic amines) is 1. The molecule has 4 saturated carbocycles. The summed E-state index contributed by atoms with van der Waals surface area (Å²) in [5.74, 6) is 3.93. The molecule has 0 aromatic carbocycles. The number of carbonyl (C=O) groups is 1. The summed E-state index contributed by atoms with van der Waals surface area (Å²) >= 11 is 0. The maximum Gasteiger partial charge on any atom is 0.155 e. The zero-order valence-electron chi connectivity index (χ0n) is 28.1. The van der Waals surface area contributed by atoms with Gasteiger partial charge < -0.3 is 18.9 Å². The van der Waals surface area contributed by atoms with Crippen molar-refractivity contribution in [1.82, 2.24) is 4.90 Å². The first-order valence-electron chi connectivity index (χ1n) is 17.9. The molecule has 0 aromatic rings. The number of nitrogens with zero attached hydrogens (tertiary/aromatic N) is 1. The molecule has 7 rings (SSSR count). The van der Waals surface area contributed by atoms with Crippen LogP contribution in [0, 0.1) is 45.8 Å². The van der Waals surface area contributed by atoms with E-state index in [-0.39, 0.29) is 22.0 Å². The Morgan fingerprint density at radius 1 is 1.00 bits per heavy atom. The van der Waals surface area contributed by atoms with Crippen LogP contribution in [0.15, 0.2) is 11.6 Å². The summed E-state index contributed by atoms with van der Waals surface area (Å²) in [6.07, 6.45) is 14.3. The van der Waals surface area contributed by atoms with Gasteiger partial charge in [-0.1, -0.05) is 40.2 Å². The fraction of sp³-hybridized carbons (Fsp3) is 0.919. The highest BCUT2D eigenvalue weighted by Gasteiger charge is 2.85. The third-order valence-corrected chi connectivity index (χ3v) is 15.2. The van der Waals surface area contributed by atoms with Crippen molar-refractivity contribution in [3.05, 3.63) is 11.6 Å². The molecule has 0 N–H and O–H groups in total. The van der Waals surface area contributed by atoms with Gasteiger partial charge in [0.05, 0.1) is 50.3 Å². The summed E-state index contributed by atoms with van der Waals surface area (Å²) in [4.78, 5) is 15.2. The van der Waals surface area contributed by atoms with Gasteiger partial charge in [0.25, 0.3) is 0 Å². The number of fused-ring (bicyclic) bond motifs is 6. The summed E-state index contributed by atoms with van der Waals surface area (Å²) in [6.45, 7) is 18.0. The van der Waals surface area contributed by atoms with E-state index in [2.05, 4.69) is 45.6 Å². The third kappa shape index (κ3) is 4.17. The average Bonchev–Trinajstić information content (AvgIpc) is 3.36. The third-order valence-electron chi connectivity index (χ3n) is 15.2. The molecule has 4 unspecified atom stereocenters. The number of methoxy groups -OCH3 is 1. The second-order valence-electron chi connectivity index (χ2n) is 16.4. The van der Waals surface area contributed by atoms with Crippen LogP contribution in [0.25, 0.3) is 0 Å². The lowest BCUT2D eigenvalue weighted by Gasteiger charge is -2.54. The highest BCUT2D eigenvalue weighted by atomic mass is 16.5. The second-order valence-corrected chi connectivity index (χ2v) is 16.4. The van der Waals surface area contributed by atoms with Gasteiger partial charge in [0.1, 0.15) is 0 Å². The van der Waals surface area contributed by atoms with Crippen LogP contribution in [-0.2, 0) is 23.7 Å². The maximum atomic E-state index is 12.4. The minimum Gasteiger partial charge on any atom is -0.382 e. The molecule has 0 radical (unpaired) electrons. The molecule has 0 bridgehead atoms. The van der Waals surface area contributed by atoms with Gasteiger partial charge in [-0.05, 0) is 98.4 Å². The maximum absolute atomic E-state index is 12.4. The first kappa shape index (κ1) is 30.8. The van der Waals surface area contributed by atoms with E-state index in [0.717, 1.165) is 63.1 Å². The highest BCUT2D eigenvalue weighted by molar-refractivity contribution is 5.91. The quantitative estimate of drug-likeness (QED) is 0.270. The highest BCUT2D eigenvalue weighted by Crippen LogP contribution is 2.87. The van der Waals surface area contributed by atoms with E-state index in [1.165, 1.54) is 44.1 Å². The molecule has 11 atom stereocenters. The lowest BCUT2D eigenvalue weighted by atomic mass is 9.55. The number of rotatable bonds is 10. The normalized spacial score (nSPS) is 50.1. The number of carbonyl (C=O) groups excluding carboxylic acids is 1. The minimum absolute atomic E-state index is 0.0296. The summed E-state index contributed by atoms with van der Waals surface area (Å²) in [6, 6.07) is 0. The molecular formula is C37H59NO5. The fourth-order valence-electron chi connectivity index (χ4n) is 13.1. The van der Waals surface area contributed by atoms with Crippen LogP contribution in [-0.4, -0.2) is 81.2 Å². The molecule has 6 nitrogen and oxygen atoms in total. The van der Waals surface area contributed by atoms with Gasteiger partial charge in [-0.25, -0.2) is 0 Å². The van der Waals surface area contributed by atoms with E-state index >= 15 is 0 Å². The van der Waals surface area contributed by atoms with E-state index in [0.29, 0.717) is 55.6 Å². The van der Waals surface area contributed by atoms with E-state index < -0.39 is 0 Å². The van der Waals surface area contributed by atoms with Gasteiger partial charge >= 0.3 is 0 Å². The first-order chi connectivity index (χ1) is 20.6. The van der Waals surface area contributed by atoms with Gasteiger partial charge in [0.15, 0.2) is 5.78 Å². The molecule has 2 saturated heterocycles. The van der Waals surface area contributed by atoms with Crippen molar-refractivity contribution >= 4 is 5.78 Å². The molecule has 2 heterocycles. The van der Waals surface area contributed by atoms with Gasteiger partial charge in [0.2, 0.25) is 0 Å². The van der Waals surface area contributed by atoms with Crippen LogP contribution < -0.4 is 0 Å². The molecule has 242 valence electrons. The molecule has 2 aliphatic heterocycles. The van der Waals surface area contributed by atoms with Crippen LogP contribution in [0.3, 0.4) is 0 Å². The summed E-state index contributed by atoms with van der Waals surface area (Å²) in [5, 5.41) is 0. The number of piperidine rings is 1. The van der Waals surface area contributed by atoms with Crippen molar-refractivity contribution in [1.29, 1.82) is 0 Å². The van der Waals surface area contributed by atoms with Crippen LogP contribution in [0.4, 0.5) is 0 Å². The summed E-state index contributed by atoms with van der Waals surface area (Å²) in [5.41, 5.74) is 2.47. The van der Waals surface area contributed by atoms with E-state index in [9.17, 15) is 4.79 Å². The standard InChI is InChI=1S/C37H59NO5/c1-7-36-26(3)37(43-32(36)20-25(2)23-38(36)14-15-41-18-19-42-17-16-40-6)13-11-30-29-9-8-27-21-28(39)10-12-33(27,4)31(29)22-35(30)24-34(35,37)5/h21,25-26,29-32H,7-20,22-24H2,1-6H3/t25-,26+,29?,30-,31-,32+,33-,34?,35?,36?,37+/m0/s1. The SMILES string of the molecule is CCC12[C@@H](C)[C@@]3(CC[C@H]4C5CCC6=CC(=O)CC[C@]6(C)[C@H]5CC45CC53C)O[C@@H]1C[C@H](C)CN2CCOCCOCCOC. The lowest BCUT2D eigenvalue weighted by molar-refractivity contribution is -0.151. The Balaban J connectivity index is 1.11. The van der Waals surface area contributed by atoms with Gasteiger partial charge in [-0.15, -0.1) is 0 Å². The van der Waals surface area contributed by atoms with Crippen molar-refractivity contribution in [2.24, 2.45) is 45.8 Å². The number of hydrogen-bond donors (Lipinski definition) is 0. The lowest BCUT2D eigenvalue weighted by Crippen LogP contribution is -2.64. The topological polar surface area (TPSA) is 57.2 Å². The molecule has 0 amide bonds. The first-order valence-corrected chi connectivity index (χ1v) is 17.9. The Labute approximate surface area is 261 Å². The Hall–Kier alpha value is -0.790. The second kappa shape index (κ2) is 10.9. The molecule has 5 aliphatic carbocycles. The predicted octanol–water partition coefficient (Wildman–Crippen LogP) is 6.46. The molecule has 2 spiro atoms.